The van der Waals surface area contributed by atoms with Gasteiger partial charge in [-0.1, -0.05) is 23.8 Å². The third kappa shape index (κ3) is 3.17. The Hall–Kier alpha value is -2.62. The fraction of sp³-hybridized carbons (Fsp3) is 0.167. The predicted octanol–water partition coefficient (Wildman–Crippen LogP) is 3.59. The summed E-state index contributed by atoms with van der Waals surface area (Å²) in [5.41, 5.74) is 3.51. The summed E-state index contributed by atoms with van der Waals surface area (Å²) in [6.07, 6.45) is 0.600. The van der Waals surface area contributed by atoms with Crippen LogP contribution in [0.25, 0.3) is 10.9 Å². The van der Waals surface area contributed by atoms with E-state index in [-0.39, 0.29) is 11.7 Å². The lowest BCUT2D eigenvalue weighted by molar-refractivity contribution is 0.0950. The highest BCUT2D eigenvalue weighted by Crippen LogP contribution is 2.16. The van der Waals surface area contributed by atoms with Gasteiger partial charge in [0.05, 0.1) is 0 Å². The normalized spacial score (nSPS) is 10.8. The lowest BCUT2D eigenvalue weighted by Crippen LogP contribution is -2.25. The number of hydrogen-bond donors (Lipinski definition) is 2. The summed E-state index contributed by atoms with van der Waals surface area (Å²) in [6.45, 7) is 2.49. The van der Waals surface area contributed by atoms with Gasteiger partial charge in [-0.2, -0.15) is 0 Å². The maximum absolute atomic E-state index is 13.1. The number of carbonyl (C=O) groups is 1. The summed E-state index contributed by atoms with van der Waals surface area (Å²) in [7, 11) is 0. The van der Waals surface area contributed by atoms with Crippen LogP contribution in [-0.4, -0.2) is 17.4 Å². The first-order valence-corrected chi connectivity index (χ1v) is 7.24. The number of aryl methyl sites for hydroxylation is 1. The van der Waals surface area contributed by atoms with Gasteiger partial charge in [-0.05, 0) is 49.2 Å². The van der Waals surface area contributed by atoms with E-state index in [0.29, 0.717) is 18.7 Å². The van der Waals surface area contributed by atoms with Crippen molar-refractivity contribution in [2.24, 2.45) is 0 Å². The summed E-state index contributed by atoms with van der Waals surface area (Å²) in [5, 5.41) is 3.87. The van der Waals surface area contributed by atoms with Crippen LogP contribution in [0.4, 0.5) is 4.39 Å². The molecule has 0 atom stereocenters. The van der Waals surface area contributed by atoms with Gasteiger partial charge in [-0.25, -0.2) is 4.39 Å². The second-order valence-corrected chi connectivity index (χ2v) is 5.41. The molecular weight excluding hydrogens is 279 g/mol. The van der Waals surface area contributed by atoms with Crippen LogP contribution in [0.3, 0.4) is 0 Å². The number of hydrogen-bond acceptors (Lipinski definition) is 1. The van der Waals surface area contributed by atoms with E-state index in [1.807, 2.05) is 37.3 Å². The summed E-state index contributed by atoms with van der Waals surface area (Å²) >= 11 is 0. The van der Waals surface area contributed by atoms with Crippen LogP contribution in [0.1, 0.15) is 21.6 Å². The third-order valence-corrected chi connectivity index (χ3v) is 3.61. The van der Waals surface area contributed by atoms with E-state index in [4.69, 9.17) is 0 Å². The topological polar surface area (TPSA) is 44.9 Å². The average molecular weight is 296 g/mol. The first-order valence-electron chi connectivity index (χ1n) is 7.24. The molecule has 112 valence electrons. The van der Waals surface area contributed by atoms with E-state index in [0.717, 1.165) is 22.0 Å². The molecule has 0 bridgehead atoms. The molecule has 3 aromatic rings. The smallest absolute Gasteiger partial charge is 0.267 e. The van der Waals surface area contributed by atoms with Gasteiger partial charge in [0.1, 0.15) is 11.5 Å². The first kappa shape index (κ1) is 14.3. The number of carbonyl (C=O) groups excluding carboxylic acids is 1. The second kappa shape index (κ2) is 6.02. The van der Waals surface area contributed by atoms with Crippen LogP contribution in [0, 0.1) is 12.7 Å². The Bertz CT molecular complexity index is 823. The maximum atomic E-state index is 13.1. The molecule has 0 fully saturated rings. The molecule has 0 radical (unpaired) electrons. The monoisotopic (exact) mass is 296 g/mol. The van der Waals surface area contributed by atoms with E-state index in [1.54, 1.807) is 6.07 Å². The van der Waals surface area contributed by atoms with Gasteiger partial charge in [0, 0.05) is 17.4 Å². The number of rotatable bonds is 4. The van der Waals surface area contributed by atoms with Gasteiger partial charge in [-0.15, -0.1) is 0 Å². The number of aromatic nitrogens is 1. The zero-order valence-corrected chi connectivity index (χ0v) is 12.3. The molecule has 3 nitrogen and oxygen atoms in total. The summed E-state index contributed by atoms with van der Waals surface area (Å²) in [5.74, 6) is -0.403. The molecular formula is C18H17FN2O. The molecule has 0 spiro atoms. The fourth-order valence-electron chi connectivity index (χ4n) is 2.48. The Morgan fingerprint density at radius 3 is 2.86 bits per heavy atom. The van der Waals surface area contributed by atoms with Crippen molar-refractivity contribution in [3.05, 3.63) is 71.2 Å². The zero-order chi connectivity index (χ0) is 15.5. The molecule has 0 saturated heterocycles. The van der Waals surface area contributed by atoms with E-state index in [2.05, 4.69) is 10.3 Å². The van der Waals surface area contributed by atoms with E-state index < -0.39 is 0 Å². The Morgan fingerprint density at radius 2 is 2.05 bits per heavy atom. The van der Waals surface area contributed by atoms with Crippen LogP contribution in [0.2, 0.25) is 0 Å². The van der Waals surface area contributed by atoms with Gasteiger partial charge in [-0.3, -0.25) is 4.79 Å². The first-order chi connectivity index (χ1) is 10.6. The third-order valence-electron chi connectivity index (χ3n) is 3.61. The quantitative estimate of drug-likeness (QED) is 0.759. The number of fused-ring (bicyclic) bond motifs is 1. The highest BCUT2D eigenvalue weighted by atomic mass is 19.1. The lowest BCUT2D eigenvalue weighted by atomic mass is 10.1. The number of nitrogens with one attached hydrogen (secondary N) is 2. The molecule has 0 aliphatic heterocycles. The second-order valence-electron chi connectivity index (χ2n) is 5.41. The standard InChI is InChI=1S/C18H17FN2O/c1-12-5-6-16-14(9-12)11-17(21-16)18(22)20-8-7-13-3-2-4-15(19)10-13/h2-6,9-11,21H,7-8H2,1H3,(H,20,22). The van der Waals surface area contributed by atoms with Gasteiger partial charge < -0.3 is 10.3 Å². The number of aromatic amines is 1. The predicted molar refractivity (Wildman–Crippen MR) is 85.5 cm³/mol. The molecule has 0 unspecified atom stereocenters. The molecule has 2 N–H and O–H groups in total. The number of amides is 1. The van der Waals surface area contributed by atoms with Gasteiger partial charge in [0.15, 0.2) is 0 Å². The Kier molecular flexibility index (Phi) is 3.92. The summed E-state index contributed by atoms with van der Waals surface area (Å²) in [6, 6.07) is 14.3. The molecule has 2 aromatic carbocycles. The molecule has 0 saturated carbocycles. The van der Waals surface area contributed by atoms with E-state index in [1.165, 1.54) is 12.1 Å². The molecule has 1 amide bonds. The SMILES string of the molecule is Cc1ccc2[nH]c(C(=O)NCCc3cccc(F)c3)cc2c1. The molecule has 22 heavy (non-hydrogen) atoms. The summed E-state index contributed by atoms with van der Waals surface area (Å²) in [4.78, 5) is 15.2. The molecule has 1 heterocycles. The van der Waals surface area contributed by atoms with E-state index >= 15 is 0 Å². The van der Waals surface area contributed by atoms with Crippen molar-refractivity contribution >= 4 is 16.8 Å². The molecule has 0 aliphatic rings. The summed E-state index contributed by atoms with van der Waals surface area (Å²) < 4.78 is 13.1. The van der Waals surface area contributed by atoms with Gasteiger partial charge in [0.25, 0.3) is 5.91 Å². The Morgan fingerprint density at radius 1 is 1.18 bits per heavy atom. The largest absolute Gasteiger partial charge is 0.351 e. The van der Waals surface area contributed by atoms with Gasteiger partial charge in [0.2, 0.25) is 0 Å². The number of benzene rings is 2. The maximum Gasteiger partial charge on any atom is 0.267 e. The van der Waals surface area contributed by atoms with Crippen LogP contribution < -0.4 is 5.32 Å². The Balaban J connectivity index is 1.63. The minimum Gasteiger partial charge on any atom is -0.351 e. The van der Waals surface area contributed by atoms with E-state index in [9.17, 15) is 9.18 Å². The number of halogens is 1. The van der Waals surface area contributed by atoms with Crippen molar-refractivity contribution in [2.75, 3.05) is 6.54 Å². The van der Waals surface area contributed by atoms with Crippen LogP contribution in [0.5, 0.6) is 0 Å². The van der Waals surface area contributed by atoms with Crippen molar-refractivity contribution in [1.82, 2.24) is 10.3 Å². The highest BCUT2D eigenvalue weighted by molar-refractivity contribution is 5.98. The number of H-pyrrole nitrogens is 1. The van der Waals surface area contributed by atoms with Crippen molar-refractivity contribution in [3.8, 4) is 0 Å². The molecule has 4 heteroatoms. The van der Waals surface area contributed by atoms with Crippen LogP contribution >= 0.6 is 0 Å². The lowest BCUT2D eigenvalue weighted by Gasteiger charge is -2.04. The Labute approximate surface area is 128 Å². The van der Waals surface area contributed by atoms with Crippen molar-refractivity contribution in [3.63, 3.8) is 0 Å². The fourth-order valence-corrected chi connectivity index (χ4v) is 2.48. The van der Waals surface area contributed by atoms with Gasteiger partial charge >= 0.3 is 0 Å². The van der Waals surface area contributed by atoms with Crippen molar-refractivity contribution in [2.45, 2.75) is 13.3 Å². The minimum atomic E-state index is -0.255. The minimum absolute atomic E-state index is 0.148. The molecule has 3 rings (SSSR count). The molecule has 0 aliphatic carbocycles. The van der Waals surface area contributed by atoms with Crippen molar-refractivity contribution < 1.29 is 9.18 Å². The highest BCUT2D eigenvalue weighted by Gasteiger charge is 2.09. The average Bonchev–Trinajstić information content (AvgIpc) is 2.90. The molecule has 1 aromatic heterocycles. The zero-order valence-electron chi connectivity index (χ0n) is 12.3. The van der Waals surface area contributed by atoms with Crippen LogP contribution in [0.15, 0.2) is 48.5 Å². The van der Waals surface area contributed by atoms with Crippen LogP contribution in [-0.2, 0) is 6.42 Å². The van der Waals surface area contributed by atoms with Crippen molar-refractivity contribution in [1.29, 1.82) is 0 Å².